The molecule has 0 fully saturated rings. The number of hydrogen-bond donors (Lipinski definition) is 3. The molecule has 0 aliphatic carbocycles. The minimum Gasteiger partial charge on any atom is -0.390 e. The Morgan fingerprint density at radius 2 is 1.81 bits per heavy atom. The molecule has 0 saturated carbocycles. The van der Waals surface area contributed by atoms with Gasteiger partial charge in [-0.3, -0.25) is 9.59 Å². The van der Waals surface area contributed by atoms with E-state index in [1.54, 1.807) is 62.5 Å². The average Bonchev–Trinajstić information content (AvgIpc) is 3.28. The molecule has 5 aromatic rings. The molecule has 6 rings (SSSR count). The fourth-order valence-electron chi connectivity index (χ4n) is 5.06. The Labute approximate surface area is 244 Å². The van der Waals surface area contributed by atoms with Gasteiger partial charge in [-0.25, -0.2) is 23.3 Å². The number of nitrogens with zero attached hydrogens (tertiary/aromatic N) is 4. The number of halogens is 2. The lowest BCUT2D eigenvalue weighted by Crippen LogP contribution is -2.42. The predicted molar refractivity (Wildman–Crippen MR) is 157 cm³/mol. The number of benzene rings is 3. The van der Waals surface area contributed by atoms with Crippen LogP contribution in [0.3, 0.4) is 0 Å². The van der Waals surface area contributed by atoms with Crippen LogP contribution in [0.15, 0.2) is 90.2 Å². The maximum absolute atomic E-state index is 15.5. The average molecular weight is 581 g/mol. The Bertz CT molecular complexity index is 1910. The largest absolute Gasteiger partial charge is 0.390 e. The van der Waals surface area contributed by atoms with Crippen molar-refractivity contribution < 1.29 is 23.5 Å². The van der Waals surface area contributed by atoms with Gasteiger partial charge in [0.25, 0.3) is 11.8 Å². The summed E-state index contributed by atoms with van der Waals surface area (Å²) in [5.41, 5.74) is 0.794. The highest BCUT2D eigenvalue weighted by Crippen LogP contribution is 2.30. The number of aromatic nitrogens is 3. The lowest BCUT2D eigenvalue weighted by atomic mass is 9.96. The van der Waals surface area contributed by atoms with E-state index >= 15 is 4.39 Å². The van der Waals surface area contributed by atoms with Crippen molar-refractivity contribution in [3.8, 4) is 11.3 Å². The molecule has 11 heteroatoms. The first-order valence-corrected chi connectivity index (χ1v) is 13.5. The zero-order valence-corrected chi connectivity index (χ0v) is 23.2. The monoisotopic (exact) mass is 580 g/mol. The van der Waals surface area contributed by atoms with Crippen molar-refractivity contribution in [3.63, 3.8) is 0 Å². The van der Waals surface area contributed by atoms with E-state index in [9.17, 15) is 19.1 Å². The summed E-state index contributed by atoms with van der Waals surface area (Å²) in [5.74, 6) is -2.86. The van der Waals surface area contributed by atoms with Crippen LogP contribution < -0.4 is 10.6 Å². The number of amides is 2. The molecule has 3 aromatic carbocycles. The van der Waals surface area contributed by atoms with Crippen LogP contribution in [-0.2, 0) is 11.2 Å². The minimum absolute atomic E-state index is 0.000804. The fraction of sp³-hybridized carbons (Fsp3) is 0.156. The van der Waals surface area contributed by atoms with E-state index in [4.69, 9.17) is 0 Å². The number of para-hydroxylation sites is 1. The van der Waals surface area contributed by atoms with Crippen LogP contribution in [0.25, 0.3) is 16.9 Å². The number of nitrogens with one attached hydrogen (secondary N) is 2. The Morgan fingerprint density at radius 3 is 2.56 bits per heavy atom. The molecule has 9 nitrogen and oxygen atoms in total. The van der Waals surface area contributed by atoms with Crippen molar-refractivity contribution >= 4 is 28.9 Å². The van der Waals surface area contributed by atoms with Gasteiger partial charge in [-0.1, -0.05) is 48.5 Å². The van der Waals surface area contributed by atoms with E-state index in [1.165, 1.54) is 35.0 Å². The van der Waals surface area contributed by atoms with Crippen molar-refractivity contribution in [1.29, 1.82) is 0 Å². The summed E-state index contributed by atoms with van der Waals surface area (Å²) >= 11 is 0. The molecule has 1 atom stereocenters. The van der Waals surface area contributed by atoms with Gasteiger partial charge in [0.1, 0.15) is 22.9 Å². The number of carbonyl (C=O) groups is 2. The number of aliphatic hydroxyl groups is 1. The van der Waals surface area contributed by atoms with Gasteiger partial charge in [-0.05, 0) is 43.7 Å². The Hall–Kier alpha value is -5.29. The summed E-state index contributed by atoms with van der Waals surface area (Å²) < 4.78 is 31.7. The summed E-state index contributed by atoms with van der Waals surface area (Å²) in [6, 6.07) is 19.3. The second-order valence-electron chi connectivity index (χ2n) is 10.8. The number of hydrogen-bond acceptors (Lipinski definition) is 6. The number of benzodiazepines with no additional fused rings is 1. The van der Waals surface area contributed by atoms with Crippen LogP contribution in [0.1, 0.15) is 40.9 Å². The maximum atomic E-state index is 15.5. The van der Waals surface area contributed by atoms with Gasteiger partial charge in [0, 0.05) is 35.5 Å². The molecule has 0 radical (unpaired) electrons. The number of carbonyl (C=O) groups excluding carboxylic acids is 2. The first-order valence-electron chi connectivity index (χ1n) is 13.5. The van der Waals surface area contributed by atoms with Crippen LogP contribution in [0, 0.1) is 11.6 Å². The van der Waals surface area contributed by atoms with Crippen molar-refractivity contribution in [2.24, 2.45) is 4.99 Å². The quantitative estimate of drug-likeness (QED) is 0.273. The summed E-state index contributed by atoms with van der Waals surface area (Å²) in [4.78, 5) is 36.1. The van der Waals surface area contributed by atoms with Crippen molar-refractivity contribution in [1.82, 2.24) is 19.9 Å². The van der Waals surface area contributed by atoms with Crippen LogP contribution in [-0.4, -0.2) is 49.0 Å². The molecule has 3 heterocycles. The molecule has 0 bridgehead atoms. The third kappa shape index (κ3) is 5.50. The molecule has 0 unspecified atom stereocenters. The summed E-state index contributed by atoms with van der Waals surface area (Å²) in [6.45, 7) is 3.24. The Kier molecular flexibility index (Phi) is 7.02. The molecular formula is C32H26F2N6O3. The topological polar surface area (TPSA) is 121 Å². The standard InChI is InChI=1S/C32H26F2N6O3/c1-32(2,43)17-18-12-13-20(23(34)16-18)27-24(29-35-14-7-15-40(29)39-27)30(41)38-28-31(42)37-26-21(10-6-11-22(26)33)25(36-28)19-8-4-3-5-9-19/h3-16,28,43H,17H2,1-2H3,(H,37,42)(H,38,41)/t28-/m1/s1. The van der Waals surface area contributed by atoms with Crippen LogP contribution in [0.2, 0.25) is 0 Å². The van der Waals surface area contributed by atoms with Crippen LogP contribution >= 0.6 is 0 Å². The minimum atomic E-state index is -1.47. The third-order valence-corrected chi connectivity index (χ3v) is 6.89. The van der Waals surface area contributed by atoms with Gasteiger partial charge in [-0.15, -0.1) is 0 Å². The van der Waals surface area contributed by atoms with Gasteiger partial charge in [0.15, 0.2) is 5.65 Å². The number of anilines is 1. The first-order chi connectivity index (χ1) is 20.6. The smallest absolute Gasteiger partial charge is 0.269 e. The van der Waals surface area contributed by atoms with E-state index in [1.807, 2.05) is 6.07 Å². The highest BCUT2D eigenvalue weighted by Gasteiger charge is 2.32. The zero-order valence-electron chi connectivity index (χ0n) is 23.2. The second-order valence-corrected chi connectivity index (χ2v) is 10.8. The molecule has 0 saturated heterocycles. The molecular weight excluding hydrogens is 554 g/mol. The van der Waals surface area contributed by atoms with Gasteiger partial charge >= 0.3 is 0 Å². The van der Waals surface area contributed by atoms with E-state index < -0.39 is 35.2 Å². The van der Waals surface area contributed by atoms with Gasteiger partial charge < -0.3 is 15.7 Å². The highest BCUT2D eigenvalue weighted by molar-refractivity contribution is 6.20. The molecule has 1 aliphatic heterocycles. The van der Waals surface area contributed by atoms with E-state index in [0.29, 0.717) is 22.4 Å². The third-order valence-electron chi connectivity index (χ3n) is 6.89. The Balaban J connectivity index is 1.42. The van der Waals surface area contributed by atoms with E-state index in [-0.39, 0.29) is 34.6 Å². The molecule has 2 aromatic heterocycles. The fourth-order valence-corrected chi connectivity index (χ4v) is 5.06. The molecule has 216 valence electrons. The number of rotatable bonds is 6. The van der Waals surface area contributed by atoms with Gasteiger partial charge in [0.2, 0.25) is 6.17 Å². The van der Waals surface area contributed by atoms with Crippen molar-refractivity contribution in [2.75, 3.05) is 5.32 Å². The van der Waals surface area contributed by atoms with Crippen LogP contribution in [0.4, 0.5) is 14.5 Å². The normalized spacial score (nSPS) is 15.0. The molecule has 43 heavy (non-hydrogen) atoms. The van der Waals surface area contributed by atoms with Crippen LogP contribution in [0.5, 0.6) is 0 Å². The predicted octanol–water partition coefficient (Wildman–Crippen LogP) is 4.53. The zero-order chi connectivity index (χ0) is 30.3. The molecule has 3 N–H and O–H groups in total. The number of aliphatic imine (C=N–C) groups is 1. The number of fused-ring (bicyclic) bond motifs is 2. The maximum Gasteiger partial charge on any atom is 0.269 e. The SMILES string of the molecule is CC(C)(O)Cc1ccc(-c2nn3cccnc3c2C(=O)N[C@H]2N=C(c3ccccc3)c3cccc(F)c3NC2=O)c(F)c1. The summed E-state index contributed by atoms with van der Waals surface area (Å²) in [7, 11) is 0. The van der Waals surface area contributed by atoms with Gasteiger partial charge in [-0.2, -0.15) is 5.10 Å². The Morgan fingerprint density at radius 1 is 1.02 bits per heavy atom. The molecule has 2 amide bonds. The van der Waals surface area contributed by atoms with Crippen molar-refractivity contribution in [3.05, 3.63) is 119 Å². The lowest BCUT2D eigenvalue weighted by Gasteiger charge is -2.17. The highest BCUT2D eigenvalue weighted by atomic mass is 19.1. The van der Waals surface area contributed by atoms with Crippen molar-refractivity contribution in [2.45, 2.75) is 32.0 Å². The molecule has 1 aliphatic rings. The lowest BCUT2D eigenvalue weighted by molar-refractivity contribution is -0.117. The van der Waals surface area contributed by atoms with E-state index in [0.717, 1.165) is 0 Å². The van der Waals surface area contributed by atoms with E-state index in [2.05, 4.69) is 25.7 Å². The summed E-state index contributed by atoms with van der Waals surface area (Å²) in [6.07, 6.45) is 1.77. The summed E-state index contributed by atoms with van der Waals surface area (Å²) in [5, 5.41) is 19.8. The second kappa shape index (κ2) is 10.8. The van der Waals surface area contributed by atoms with Gasteiger partial charge in [0.05, 0.1) is 17.0 Å². The first kappa shape index (κ1) is 27.9. The molecule has 0 spiro atoms.